The normalized spacial score (nSPS) is 11.7. The van der Waals surface area contributed by atoms with Crippen LogP contribution in [0.1, 0.15) is 21.7 Å². The highest BCUT2D eigenvalue weighted by atomic mass is 32.2. The number of carbonyl (C=O) groups excluding carboxylic acids is 1. The molecule has 1 aromatic carbocycles. The van der Waals surface area contributed by atoms with Crippen molar-refractivity contribution >= 4 is 32.7 Å². The molecule has 25 heavy (non-hydrogen) atoms. The largest absolute Gasteiger partial charge is 0.338 e. The molecule has 1 amide bonds. The van der Waals surface area contributed by atoms with Crippen LogP contribution >= 0.6 is 11.3 Å². The molecule has 136 valence electrons. The Kier molecular flexibility index (Phi) is 6.28. The molecular weight excluding hydrogens is 362 g/mol. The summed E-state index contributed by atoms with van der Waals surface area (Å²) in [6.07, 6.45) is 0.727. The number of aromatic nitrogens is 1. The third-order valence-electron chi connectivity index (χ3n) is 3.41. The molecule has 0 saturated heterocycles. The second kappa shape index (κ2) is 8.05. The number of nitrogens with zero attached hydrogens (tertiary/aromatic N) is 2. The van der Waals surface area contributed by atoms with Crippen LogP contribution in [0.3, 0.4) is 0 Å². The van der Waals surface area contributed by atoms with Crippen molar-refractivity contribution in [2.45, 2.75) is 20.3 Å². The van der Waals surface area contributed by atoms with Crippen LogP contribution < -0.4 is 5.32 Å². The van der Waals surface area contributed by atoms with Crippen molar-refractivity contribution in [1.29, 1.82) is 0 Å². The Balaban J connectivity index is 1.97. The molecule has 1 N–H and O–H groups in total. The summed E-state index contributed by atoms with van der Waals surface area (Å²) < 4.78 is 28.5. The van der Waals surface area contributed by atoms with Crippen molar-refractivity contribution in [3.8, 4) is 0 Å². The number of anilines is 1. The zero-order chi connectivity index (χ0) is 18.6. The highest BCUT2D eigenvalue weighted by Gasteiger charge is 2.17. The van der Waals surface area contributed by atoms with Crippen molar-refractivity contribution in [1.82, 2.24) is 9.29 Å². The first-order valence-electron chi connectivity index (χ1n) is 7.56. The van der Waals surface area contributed by atoms with Gasteiger partial charge in [0.15, 0.2) is 5.13 Å². The Hall–Kier alpha value is -1.81. The number of amides is 1. The van der Waals surface area contributed by atoms with E-state index >= 15 is 0 Å². The molecule has 0 unspecified atom stereocenters. The SMILES string of the molecule is Cc1ccc(Cc2sc(NC(=O)COS(=O)(=O)N(C)C)nc2C)cc1. The Bertz CT molecular complexity index is 843. The van der Waals surface area contributed by atoms with Gasteiger partial charge in [0.05, 0.1) is 5.69 Å². The lowest BCUT2D eigenvalue weighted by Gasteiger charge is -2.10. The highest BCUT2D eigenvalue weighted by molar-refractivity contribution is 7.84. The zero-order valence-electron chi connectivity index (χ0n) is 14.6. The van der Waals surface area contributed by atoms with Crippen molar-refractivity contribution in [2.75, 3.05) is 26.0 Å². The second-order valence-electron chi connectivity index (χ2n) is 5.74. The first-order chi connectivity index (χ1) is 11.7. The monoisotopic (exact) mass is 383 g/mol. The number of nitrogens with one attached hydrogen (secondary N) is 1. The Labute approximate surface area is 151 Å². The fourth-order valence-corrected chi connectivity index (χ4v) is 3.41. The summed E-state index contributed by atoms with van der Waals surface area (Å²) in [7, 11) is -1.22. The van der Waals surface area contributed by atoms with Crippen LogP contribution in [-0.4, -0.2) is 44.3 Å². The van der Waals surface area contributed by atoms with Gasteiger partial charge in [-0.05, 0) is 19.4 Å². The molecular formula is C16H21N3O4S2. The third-order valence-corrected chi connectivity index (χ3v) is 5.79. The first-order valence-corrected chi connectivity index (χ1v) is 9.74. The topological polar surface area (TPSA) is 88.6 Å². The summed E-state index contributed by atoms with van der Waals surface area (Å²) >= 11 is 1.37. The minimum atomic E-state index is -3.88. The molecule has 2 rings (SSSR count). The number of thiazole rings is 1. The molecule has 1 aromatic heterocycles. The van der Waals surface area contributed by atoms with E-state index in [9.17, 15) is 13.2 Å². The minimum absolute atomic E-state index is 0.426. The van der Waals surface area contributed by atoms with Crippen LogP contribution in [-0.2, 0) is 25.7 Å². The Morgan fingerprint density at radius 3 is 2.48 bits per heavy atom. The van der Waals surface area contributed by atoms with Crippen molar-refractivity contribution < 1.29 is 17.4 Å². The molecule has 2 aromatic rings. The second-order valence-corrected chi connectivity index (χ2v) is 8.65. The molecule has 0 saturated carbocycles. The van der Waals surface area contributed by atoms with E-state index in [0.29, 0.717) is 5.13 Å². The standard InChI is InChI=1S/C16H21N3O4S2/c1-11-5-7-13(8-6-11)9-14-12(2)17-16(24-14)18-15(20)10-23-25(21,22)19(3)4/h5-8H,9-10H2,1-4H3,(H,17,18,20). The summed E-state index contributed by atoms with van der Waals surface area (Å²) in [6.45, 7) is 3.32. The van der Waals surface area contributed by atoms with Gasteiger partial charge in [-0.15, -0.1) is 11.3 Å². The average molecular weight is 383 g/mol. The summed E-state index contributed by atoms with van der Waals surface area (Å²) in [6, 6.07) is 8.23. The van der Waals surface area contributed by atoms with E-state index in [-0.39, 0.29) is 0 Å². The van der Waals surface area contributed by atoms with E-state index in [0.717, 1.165) is 26.9 Å². The van der Waals surface area contributed by atoms with Gasteiger partial charge < -0.3 is 0 Å². The van der Waals surface area contributed by atoms with Gasteiger partial charge in [-0.1, -0.05) is 29.8 Å². The average Bonchev–Trinajstić information content (AvgIpc) is 2.87. The third kappa shape index (κ3) is 5.60. The van der Waals surface area contributed by atoms with Crippen LogP contribution in [0.2, 0.25) is 0 Å². The van der Waals surface area contributed by atoms with E-state index in [1.54, 1.807) is 0 Å². The van der Waals surface area contributed by atoms with Crippen LogP contribution in [0.5, 0.6) is 0 Å². The molecule has 0 spiro atoms. The fraction of sp³-hybridized carbons (Fsp3) is 0.375. The van der Waals surface area contributed by atoms with Gasteiger partial charge in [-0.3, -0.25) is 10.1 Å². The molecule has 7 nitrogen and oxygen atoms in total. The number of carbonyl (C=O) groups is 1. The lowest BCUT2D eigenvalue weighted by molar-refractivity contribution is -0.118. The molecule has 0 aliphatic heterocycles. The van der Waals surface area contributed by atoms with E-state index < -0.39 is 22.8 Å². The summed E-state index contributed by atoms with van der Waals surface area (Å²) in [4.78, 5) is 17.2. The predicted octanol–water partition coefficient (Wildman–Crippen LogP) is 2.11. The van der Waals surface area contributed by atoms with Crippen LogP contribution in [0.4, 0.5) is 5.13 Å². The number of hydrogen-bond acceptors (Lipinski definition) is 6. The number of aryl methyl sites for hydroxylation is 2. The van der Waals surface area contributed by atoms with Crippen LogP contribution in [0, 0.1) is 13.8 Å². The maximum Gasteiger partial charge on any atom is 0.338 e. The molecule has 9 heteroatoms. The maximum atomic E-state index is 11.8. The Morgan fingerprint density at radius 1 is 1.24 bits per heavy atom. The maximum absolute atomic E-state index is 11.8. The van der Waals surface area contributed by atoms with Gasteiger partial charge in [0.1, 0.15) is 6.61 Å². The van der Waals surface area contributed by atoms with Crippen molar-refractivity contribution in [3.05, 3.63) is 46.0 Å². The molecule has 0 aliphatic carbocycles. The number of rotatable bonds is 7. The van der Waals surface area contributed by atoms with Crippen LogP contribution in [0.15, 0.2) is 24.3 Å². The summed E-state index contributed by atoms with van der Waals surface area (Å²) in [5.74, 6) is -0.568. The lowest BCUT2D eigenvalue weighted by Crippen LogP contribution is -2.28. The molecule has 0 bridgehead atoms. The van der Waals surface area contributed by atoms with Gasteiger partial charge in [0, 0.05) is 25.4 Å². The molecule has 0 aliphatic rings. The van der Waals surface area contributed by atoms with Gasteiger partial charge in [-0.25, -0.2) is 9.17 Å². The Morgan fingerprint density at radius 2 is 1.88 bits per heavy atom. The van der Waals surface area contributed by atoms with Crippen molar-refractivity contribution in [2.24, 2.45) is 0 Å². The van der Waals surface area contributed by atoms with Gasteiger partial charge in [0.2, 0.25) is 0 Å². The predicted molar refractivity (Wildman–Crippen MR) is 98.0 cm³/mol. The molecule has 0 fully saturated rings. The van der Waals surface area contributed by atoms with Gasteiger partial charge in [0.25, 0.3) is 5.91 Å². The van der Waals surface area contributed by atoms with Gasteiger partial charge >= 0.3 is 10.3 Å². The van der Waals surface area contributed by atoms with Crippen molar-refractivity contribution in [3.63, 3.8) is 0 Å². The first kappa shape index (κ1) is 19.5. The number of hydrogen-bond donors (Lipinski definition) is 1. The lowest BCUT2D eigenvalue weighted by atomic mass is 10.1. The summed E-state index contributed by atoms with van der Waals surface area (Å²) in [5, 5.41) is 3.00. The van der Waals surface area contributed by atoms with Crippen LogP contribution in [0.25, 0.3) is 0 Å². The van der Waals surface area contributed by atoms with E-state index in [1.165, 1.54) is 31.0 Å². The molecule has 0 atom stereocenters. The molecule has 1 heterocycles. The zero-order valence-corrected chi connectivity index (χ0v) is 16.2. The number of benzene rings is 1. The fourth-order valence-electron chi connectivity index (χ4n) is 1.93. The smallest absolute Gasteiger partial charge is 0.300 e. The highest BCUT2D eigenvalue weighted by Crippen LogP contribution is 2.25. The quantitative estimate of drug-likeness (QED) is 0.791. The van der Waals surface area contributed by atoms with E-state index in [1.807, 2.05) is 13.8 Å². The van der Waals surface area contributed by atoms with Gasteiger partial charge in [-0.2, -0.15) is 12.7 Å². The summed E-state index contributed by atoms with van der Waals surface area (Å²) in [5.41, 5.74) is 3.20. The van der Waals surface area contributed by atoms with E-state index in [2.05, 4.69) is 38.7 Å². The molecule has 0 radical (unpaired) electrons. The van der Waals surface area contributed by atoms with E-state index in [4.69, 9.17) is 0 Å². The minimum Gasteiger partial charge on any atom is -0.300 e.